The van der Waals surface area contributed by atoms with Gasteiger partial charge in [0, 0.05) is 26.6 Å². The minimum Gasteiger partial charge on any atom is -0.383 e. The van der Waals surface area contributed by atoms with Crippen molar-refractivity contribution in [3.63, 3.8) is 0 Å². The third-order valence-corrected chi connectivity index (χ3v) is 5.77. The van der Waals surface area contributed by atoms with Gasteiger partial charge in [0.2, 0.25) is 15.9 Å². The summed E-state index contributed by atoms with van der Waals surface area (Å²) in [5.74, 6) is -0.605. The summed E-state index contributed by atoms with van der Waals surface area (Å²) in [6.07, 6.45) is 1.59. The van der Waals surface area contributed by atoms with Crippen LogP contribution in [-0.4, -0.2) is 53.3 Å². The number of amides is 2. The molecule has 0 radical (unpaired) electrons. The molecule has 168 valence electrons. The predicted octanol–water partition coefficient (Wildman–Crippen LogP) is 2.56. The average Bonchev–Trinajstić information content (AvgIpc) is 2.71. The van der Waals surface area contributed by atoms with Gasteiger partial charge >= 0.3 is 0 Å². The van der Waals surface area contributed by atoms with E-state index in [0.29, 0.717) is 36.5 Å². The molecule has 2 aromatic rings. The molecule has 0 heterocycles. The highest BCUT2D eigenvalue weighted by Gasteiger charge is 2.19. The lowest BCUT2D eigenvalue weighted by molar-refractivity contribution is -0.116. The Morgan fingerprint density at radius 2 is 1.74 bits per heavy atom. The van der Waals surface area contributed by atoms with Gasteiger partial charge in [-0.1, -0.05) is 30.3 Å². The van der Waals surface area contributed by atoms with Gasteiger partial charge in [0.25, 0.3) is 5.91 Å². The maximum atomic E-state index is 12.5. The number of hydrogen-bond acceptors (Lipinski definition) is 5. The van der Waals surface area contributed by atoms with Gasteiger partial charge in [-0.05, 0) is 37.1 Å². The number of rotatable bonds is 11. The van der Waals surface area contributed by atoms with E-state index in [9.17, 15) is 18.0 Å². The fourth-order valence-electron chi connectivity index (χ4n) is 3.06. The molecule has 9 heteroatoms. The maximum absolute atomic E-state index is 12.5. The number of ether oxygens (including phenoxy) is 1. The normalized spacial score (nSPS) is 11.1. The molecule has 2 amide bonds. The highest BCUT2D eigenvalue weighted by molar-refractivity contribution is 7.92. The number of benzene rings is 2. The molecule has 0 unspecified atom stereocenters. The van der Waals surface area contributed by atoms with Crippen molar-refractivity contribution in [1.29, 1.82) is 0 Å². The minimum atomic E-state index is -3.49. The number of anilines is 2. The summed E-state index contributed by atoms with van der Waals surface area (Å²) in [5.41, 5.74) is 2.19. The number of nitrogens with one attached hydrogen (secondary N) is 2. The standard InChI is InChI=1S/C22H29N3O5S/c1-17-9-4-7-12-20(17)25(31(3,28)29)15-8-13-21(26)24-19-11-6-5-10-18(19)22(27)23-14-16-30-2/h4-7,9-12H,8,13-16H2,1-3H3,(H,23,27)(H,24,26). The van der Waals surface area contributed by atoms with Crippen LogP contribution >= 0.6 is 0 Å². The number of nitrogens with zero attached hydrogens (tertiary/aromatic N) is 1. The van der Waals surface area contributed by atoms with Gasteiger partial charge in [-0.3, -0.25) is 13.9 Å². The van der Waals surface area contributed by atoms with Gasteiger partial charge in [0.05, 0.1) is 29.8 Å². The Bertz CT molecular complexity index is 1010. The summed E-state index contributed by atoms with van der Waals surface area (Å²) >= 11 is 0. The monoisotopic (exact) mass is 447 g/mol. The van der Waals surface area contributed by atoms with Gasteiger partial charge in [0.1, 0.15) is 0 Å². The van der Waals surface area contributed by atoms with Crippen molar-refractivity contribution in [3.05, 3.63) is 59.7 Å². The van der Waals surface area contributed by atoms with Gasteiger partial charge in [-0.25, -0.2) is 8.42 Å². The van der Waals surface area contributed by atoms with Crippen LogP contribution in [0.3, 0.4) is 0 Å². The molecular formula is C22H29N3O5S. The van der Waals surface area contributed by atoms with Gasteiger partial charge in [-0.15, -0.1) is 0 Å². The van der Waals surface area contributed by atoms with Crippen LogP contribution in [0.15, 0.2) is 48.5 Å². The Morgan fingerprint density at radius 1 is 1.06 bits per heavy atom. The number of sulfonamides is 1. The minimum absolute atomic E-state index is 0.109. The van der Waals surface area contributed by atoms with Gasteiger partial charge < -0.3 is 15.4 Å². The second-order valence-electron chi connectivity index (χ2n) is 7.07. The van der Waals surface area contributed by atoms with Gasteiger partial charge in [-0.2, -0.15) is 0 Å². The molecule has 0 aliphatic rings. The predicted molar refractivity (Wildman–Crippen MR) is 122 cm³/mol. The Labute approximate surface area is 183 Å². The summed E-state index contributed by atoms with van der Waals surface area (Å²) < 4.78 is 30.7. The van der Waals surface area contributed by atoms with E-state index in [4.69, 9.17) is 4.74 Å². The zero-order valence-corrected chi connectivity index (χ0v) is 18.9. The van der Waals surface area contributed by atoms with E-state index in [1.807, 2.05) is 19.1 Å². The van der Waals surface area contributed by atoms with E-state index in [-0.39, 0.29) is 24.8 Å². The number of carbonyl (C=O) groups excluding carboxylic acids is 2. The molecule has 8 nitrogen and oxygen atoms in total. The maximum Gasteiger partial charge on any atom is 0.253 e. The van der Waals surface area contributed by atoms with Crippen molar-refractivity contribution in [1.82, 2.24) is 5.32 Å². The molecule has 0 bridgehead atoms. The summed E-state index contributed by atoms with van der Waals surface area (Å²) in [6, 6.07) is 13.9. The van der Waals surface area contributed by atoms with Crippen molar-refractivity contribution in [2.45, 2.75) is 19.8 Å². The molecule has 0 aliphatic carbocycles. The molecule has 2 rings (SSSR count). The molecule has 2 N–H and O–H groups in total. The van der Waals surface area contributed by atoms with Gasteiger partial charge in [0.15, 0.2) is 0 Å². The highest BCUT2D eigenvalue weighted by Crippen LogP contribution is 2.22. The first kappa shape index (κ1) is 24.4. The fraction of sp³-hybridized carbons (Fsp3) is 0.364. The Balaban J connectivity index is 1.99. The zero-order valence-electron chi connectivity index (χ0n) is 18.1. The van der Waals surface area contributed by atoms with Crippen LogP contribution < -0.4 is 14.9 Å². The van der Waals surface area contributed by atoms with E-state index in [1.54, 1.807) is 43.5 Å². The summed E-state index contributed by atoms with van der Waals surface area (Å²) in [5, 5.41) is 5.47. The molecule has 0 aliphatic heterocycles. The van der Waals surface area contributed by atoms with E-state index in [2.05, 4.69) is 10.6 Å². The van der Waals surface area contributed by atoms with E-state index < -0.39 is 10.0 Å². The van der Waals surface area contributed by atoms with Crippen LogP contribution in [0.25, 0.3) is 0 Å². The Morgan fingerprint density at radius 3 is 2.42 bits per heavy atom. The lowest BCUT2D eigenvalue weighted by Crippen LogP contribution is -2.32. The molecule has 0 saturated heterocycles. The number of para-hydroxylation sites is 2. The highest BCUT2D eigenvalue weighted by atomic mass is 32.2. The van der Waals surface area contributed by atoms with Crippen molar-refractivity contribution in [2.75, 3.05) is 42.7 Å². The first-order chi connectivity index (χ1) is 14.7. The van der Waals surface area contributed by atoms with Crippen LogP contribution in [0.1, 0.15) is 28.8 Å². The smallest absolute Gasteiger partial charge is 0.253 e. The zero-order chi connectivity index (χ0) is 22.9. The van der Waals surface area contributed by atoms with Crippen molar-refractivity contribution in [3.8, 4) is 0 Å². The number of aryl methyl sites for hydroxylation is 1. The van der Waals surface area contributed by atoms with Crippen LogP contribution in [0.4, 0.5) is 11.4 Å². The summed E-state index contributed by atoms with van der Waals surface area (Å²) in [7, 11) is -1.94. The molecule has 0 aromatic heterocycles. The second-order valence-corrected chi connectivity index (χ2v) is 8.97. The third-order valence-electron chi connectivity index (χ3n) is 4.59. The first-order valence-electron chi connectivity index (χ1n) is 9.93. The largest absolute Gasteiger partial charge is 0.383 e. The number of carbonyl (C=O) groups is 2. The van der Waals surface area contributed by atoms with Crippen LogP contribution in [0.2, 0.25) is 0 Å². The fourth-order valence-corrected chi connectivity index (χ4v) is 4.08. The van der Waals surface area contributed by atoms with Crippen molar-refractivity contribution >= 4 is 33.2 Å². The van der Waals surface area contributed by atoms with Crippen LogP contribution in [-0.2, 0) is 19.6 Å². The molecular weight excluding hydrogens is 418 g/mol. The first-order valence-corrected chi connectivity index (χ1v) is 11.8. The Hall–Kier alpha value is -2.91. The molecule has 31 heavy (non-hydrogen) atoms. The molecule has 0 saturated carbocycles. The third kappa shape index (κ3) is 7.37. The molecule has 0 fully saturated rings. The van der Waals surface area contributed by atoms with Crippen molar-refractivity contribution in [2.24, 2.45) is 0 Å². The van der Waals surface area contributed by atoms with Crippen LogP contribution in [0.5, 0.6) is 0 Å². The summed E-state index contributed by atoms with van der Waals surface area (Å²) in [6.45, 7) is 2.76. The lowest BCUT2D eigenvalue weighted by Gasteiger charge is -2.24. The average molecular weight is 448 g/mol. The lowest BCUT2D eigenvalue weighted by atomic mass is 10.1. The quantitative estimate of drug-likeness (QED) is 0.515. The molecule has 2 aromatic carbocycles. The topological polar surface area (TPSA) is 105 Å². The van der Waals surface area contributed by atoms with Crippen molar-refractivity contribution < 1.29 is 22.7 Å². The Kier molecular flexibility index (Phi) is 9.02. The van der Waals surface area contributed by atoms with E-state index in [1.165, 1.54) is 4.31 Å². The van der Waals surface area contributed by atoms with E-state index >= 15 is 0 Å². The molecule has 0 atom stereocenters. The number of methoxy groups -OCH3 is 1. The summed E-state index contributed by atoms with van der Waals surface area (Å²) in [4.78, 5) is 24.8. The number of hydrogen-bond donors (Lipinski definition) is 2. The van der Waals surface area contributed by atoms with Crippen LogP contribution in [0, 0.1) is 6.92 Å². The SMILES string of the molecule is COCCNC(=O)c1ccccc1NC(=O)CCCN(c1ccccc1C)S(C)(=O)=O. The second kappa shape index (κ2) is 11.5. The van der Waals surface area contributed by atoms with E-state index in [0.717, 1.165) is 11.8 Å². The molecule has 0 spiro atoms.